The molecule has 0 atom stereocenters. The van der Waals surface area contributed by atoms with Crippen LogP contribution >= 0.6 is 0 Å². The fourth-order valence-corrected chi connectivity index (χ4v) is 1.86. The third-order valence-electron chi connectivity index (χ3n) is 2.84. The Balaban J connectivity index is 1.94. The second-order valence-corrected chi connectivity index (χ2v) is 4.18. The lowest BCUT2D eigenvalue weighted by molar-refractivity contribution is -0.899. The summed E-state index contributed by atoms with van der Waals surface area (Å²) in [6, 6.07) is 3.48. The number of quaternary nitrogens is 1. The van der Waals surface area contributed by atoms with Crippen LogP contribution in [0.25, 0.3) is 0 Å². The van der Waals surface area contributed by atoms with Crippen LogP contribution < -0.4 is 10.2 Å². The van der Waals surface area contributed by atoms with E-state index in [1.54, 1.807) is 0 Å². The van der Waals surface area contributed by atoms with Crippen molar-refractivity contribution in [3.63, 3.8) is 0 Å². The number of halogens is 2. The molecule has 0 aliphatic carbocycles. The summed E-state index contributed by atoms with van der Waals surface area (Å²) in [4.78, 5) is 12.7. The minimum atomic E-state index is -0.764. The number of nitrogens with one attached hydrogen (secondary N) is 2. The molecular formula is C12H15F2N2O2+. The number of hydrogen-bond donors (Lipinski definition) is 2. The molecule has 1 amide bonds. The average Bonchev–Trinajstić information content (AvgIpc) is 2.35. The molecule has 1 aromatic carbocycles. The summed E-state index contributed by atoms with van der Waals surface area (Å²) >= 11 is 0. The maximum atomic E-state index is 13.3. The molecule has 0 unspecified atom stereocenters. The van der Waals surface area contributed by atoms with Gasteiger partial charge in [0, 0.05) is 0 Å². The van der Waals surface area contributed by atoms with Gasteiger partial charge in [0.05, 0.1) is 13.2 Å². The van der Waals surface area contributed by atoms with E-state index in [0.717, 1.165) is 30.1 Å². The predicted molar refractivity (Wildman–Crippen MR) is 61.4 cm³/mol. The molecule has 0 spiro atoms. The molecule has 6 heteroatoms. The smallest absolute Gasteiger partial charge is 0.279 e. The minimum Gasteiger partial charge on any atom is -0.370 e. The Kier molecular flexibility index (Phi) is 4.22. The van der Waals surface area contributed by atoms with E-state index in [1.807, 2.05) is 0 Å². The zero-order valence-electron chi connectivity index (χ0n) is 9.84. The molecule has 2 rings (SSSR count). The van der Waals surface area contributed by atoms with Crippen molar-refractivity contribution < 1.29 is 23.2 Å². The fraction of sp³-hybridized carbons (Fsp3) is 0.417. The van der Waals surface area contributed by atoms with Gasteiger partial charge in [0.15, 0.2) is 6.54 Å². The number of para-hydroxylation sites is 1. The first kappa shape index (κ1) is 12.9. The van der Waals surface area contributed by atoms with E-state index >= 15 is 0 Å². The van der Waals surface area contributed by atoms with Crippen LogP contribution in [0, 0.1) is 11.6 Å². The molecule has 0 radical (unpaired) electrons. The van der Waals surface area contributed by atoms with Crippen molar-refractivity contribution >= 4 is 11.6 Å². The highest BCUT2D eigenvalue weighted by atomic mass is 19.1. The van der Waals surface area contributed by atoms with E-state index in [4.69, 9.17) is 4.74 Å². The molecule has 2 N–H and O–H groups in total. The molecule has 1 fully saturated rings. The van der Waals surface area contributed by atoms with Crippen molar-refractivity contribution in [3.8, 4) is 0 Å². The third-order valence-corrected chi connectivity index (χ3v) is 2.84. The normalized spacial score (nSPS) is 16.6. The van der Waals surface area contributed by atoms with Crippen LogP contribution in [-0.4, -0.2) is 38.8 Å². The molecule has 0 saturated carbocycles. The molecular weight excluding hydrogens is 242 g/mol. The Morgan fingerprint density at radius 3 is 2.50 bits per heavy atom. The molecule has 1 aromatic rings. The van der Waals surface area contributed by atoms with Gasteiger partial charge in [-0.1, -0.05) is 6.07 Å². The van der Waals surface area contributed by atoms with Crippen LogP contribution in [0.3, 0.4) is 0 Å². The van der Waals surface area contributed by atoms with Gasteiger partial charge >= 0.3 is 0 Å². The van der Waals surface area contributed by atoms with Crippen molar-refractivity contribution in [2.24, 2.45) is 0 Å². The Bertz CT molecular complexity index is 414. The minimum absolute atomic E-state index is 0.192. The number of ether oxygens (including phenoxy) is 1. The number of rotatable bonds is 3. The molecule has 0 aromatic heterocycles. The number of benzene rings is 1. The average molecular weight is 257 g/mol. The van der Waals surface area contributed by atoms with E-state index in [0.29, 0.717) is 13.2 Å². The zero-order valence-corrected chi connectivity index (χ0v) is 9.84. The molecule has 18 heavy (non-hydrogen) atoms. The standard InChI is InChI=1S/C12H14F2N2O2/c13-9-2-1-3-10(14)12(9)15-11(17)8-16-4-6-18-7-5-16/h1-3H,4-8H2,(H,15,17)/p+1. The predicted octanol–water partition coefficient (Wildman–Crippen LogP) is -0.182. The number of carbonyl (C=O) groups is 1. The second-order valence-electron chi connectivity index (χ2n) is 4.18. The second kappa shape index (κ2) is 5.88. The molecule has 1 aliphatic heterocycles. The van der Waals surface area contributed by atoms with Crippen molar-refractivity contribution in [3.05, 3.63) is 29.8 Å². The van der Waals surface area contributed by atoms with Gasteiger partial charge in [0.25, 0.3) is 5.91 Å². The highest BCUT2D eigenvalue weighted by molar-refractivity contribution is 5.91. The SMILES string of the molecule is O=C(C[NH+]1CCOCC1)Nc1c(F)cccc1F. The Morgan fingerprint density at radius 2 is 1.89 bits per heavy atom. The van der Waals surface area contributed by atoms with Crippen molar-refractivity contribution in [1.29, 1.82) is 0 Å². The van der Waals surface area contributed by atoms with Gasteiger partial charge < -0.3 is 15.0 Å². The monoisotopic (exact) mass is 257 g/mol. The summed E-state index contributed by atoms with van der Waals surface area (Å²) in [7, 11) is 0. The lowest BCUT2D eigenvalue weighted by Gasteiger charge is -2.23. The van der Waals surface area contributed by atoms with Gasteiger partial charge in [-0.25, -0.2) is 8.78 Å². The van der Waals surface area contributed by atoms with Gasteiger partial charge in [-0.05, 0) is 12.1 Å². The zero-order chi connectivity index (χ0) is 13.0. The number of carbonyl (C=O) groups excluding carboxylic acids is 1. The Labute approximate surface area is 104 Å². The summed E-state index contributed by atoms with van der Waals surface area (Å²) in [5.41, 5.74) is -0.379. The third kappa shape index (κ3) is 3.24. The first-order valence-corrected chi connectivity index (χ1v) is 5.82. The van der Waals surface area contributed by atoms with Crippen LogP contribution in [0.5, 0.6) is 0 Å². The summed E-state index contributed by atoms with van der Waals surface area (Å²) in [5, 5.41) is 2.28. The summed E-state index contributed by atoms with van der Waals surface area (Å²) < 4.78 is 31.8. The lowest BCUT2D eigenvalue weighted by atomic mass is 10.3. The van der Waals surface area contributed by atoms with Crippen molar-refractivity contribution in [2.45, 2.75) is 0 Å². The van der Waals surface area contributed by atoms with Gasteiger partial charge in [0.2, 0.25) is 0 Å². The van der Waals surface area contributed by atoms with E-state index in [-0.39, 0.29) is 12.2 Å². The lowest BCUT2D eigenvalue weighted by Crippen LogP contribution is -3.15. The van der Waals surface area contributed by atoms with E-state index in [9.17, 15) is 13.6 Å². The van der Waals surface area contributed by atoms with E-state index in [2.05, 4.69) is 5.32 Å². The Morgan fingerprint density at radius 1 is 1.28 bits per heavy atom. The van der Waals surface area contributed by atoms with Crippen LogP contribution in [0.4, 0.5) is 14.5 Å². The number of anilines is 1. The van der Waals surface area contributed by atoms with Gasteiger partial charge in [0.1, 0.15) is 30.4 Å². The molecule has 1 heterocycles. The fourth-order valence-electron chi connectivity index (χ4n) is 1.86. The molecule has 1 saturated heterocycles. The van der Waals surface area contributed by atoms with E-state index < -0.39 is 17.5 Å². The number of hydrogen-bond acceptors (Lipinski definition) is 2. The Hall–Kier alpha value is -1.53. The van der Waals surface area contributed by atoms with Crippen LogP contribution in [0.15, 0.2) is 18.2 Å². The van der Waals surface area contributed by atoms with Gasteiger partial charge in [-0.2, -0.15) is 0 Å². The van der Waals surface area contributed by atoms with Crippen LogP contribution in [-0.2, 0) is 9.53 Å². The maximum Gasteiger partial charge on any atom is 0.279 e. The molecule has 0 bridgehead atoms. The molecule has 1 aliphatic rings. The van der Waals surface area contributed by atoms with Crippen LogP contribution in [0.2, 0.25) is 0 Å². The summed E-state index contributed by atoms with van der Waals surface area (Å²) in [5.74, 6) is -1.92. The maximum absolute atomic E-state index is 13.3. The van der Waals surface area contributed by atoms with E-state index in [1.165, 1.54) is 6.07 Å². The largest absolute Gasteiger partial charge is 0.370 e. The first-order valence-electron chi connectivity index (χ1n) is 5.82. The summed E-state index contributed by atoms with van der Waals surface area (Å²) in [6.07, 6.45) is 0. The molecule has 4 nitrogen and oxygen atoms in total. The van der Waals surface area contributed by atoms with Crippen LogP contribution in [0.1, 0.15) is 0 Å². The highest BCUT2D eigenvalue weighted by Crippen LogP contribution is 2.17. The quantitative estimate of drug-likeness (QED) is 0.789. The summed E-state index contributed by atoms with van der Waals surface area (Å²) in [6.45, 7) is 2.87. The van der Waals surface area contributed by atoms with Crippen molar-refractivity contribution in [2.75, 3.05) is 38.2 Å². The first-order chi connectivity index (χ1) is 8.66. The highest BCUT2D eigenvalue weighted by Gasteiger charge is 2.19. The molecule has 98 valence electrons. The van der Waals surface area contributed by atoms with Gasteiger partial charge in [-0.3, -0.25) is 4.79 Å². The van der Waals surface area contributed by atoms with Crippen molar-refractivity contribution in [1.82, 2.24) is 0 Å². The van der Waals surface area contributed by atoms with Gasteiger partial charge in [-0.15, -0.1) is 0 Å². The number of amides is 1. The number of morpholine rings is 1. The topological polar surface area (TPSA) is 42.8 Å².